The number of carboxylic acid groups (broad SMARTS) is 2. The molecule has 2 aromatic carbocycles. The number of hydrogen-bond acceptors (Lipinski definition) is 4. The second kappa shape index (κ2) is 7.76. The third kappa shape index (κ3) is 4.54. The highest BCUT2D eigenvalue weighted by atomic mass is 16.4. The number of carbonyl (C=O) groups excluding carboxylic acids is 1. The molecule has 4 N–H and O–H groups in total. The first kappa shape index (κ1) is 18.4. The van der Waals surface area contributed by atoms with Crippen LogP contribution in [-0.2, 0) is 20.8 Å². The number of rotatable bonds is 7. The summed E-state index contributed by atoms with van der Waals surface area (Å²) < 4.78 is 0. The molecule has 2 rings (SSSR count). The van der Waals surface area contributed by atoms with E-state index < -0.39 is 36.4 Å². The minimum atomic E-state index is -1.28. The number of nitrogens with zero attached hydrogens (tertiary/aromatic N) is 1. The van der Waals surface area contributed by atoms with E-state index in [1.54, 1.807) is 0 Å². The Morgan fingerprint density at radius 3 is 2.32 bits per heavy atom. The highest BCUT2D eigenvalue weighted by Crippen LogP contribution is 2.18. The van der Waals surface area contributed by atoms with Crippen molar-refractivity contribution >= 4 is 28.6 Å². The smallest absolute Gasteiger partial charge is 0.326 e. The maximum atomic E-state index is 12.2. The lowest BCUT2D eigenvalue weighted by Crippen LogP contribution is -2.50. The quantitative estimate of drug-likeness (QED) is 0.691. The van der Waals surface area contributed by atoms with Crippen LogP contribution < -0.4 is 5.73 Å². The van der Waals surface area contributed by atoms with E-state index in [1.165, 1.54) is 7.05 Å². The van der Waals surface area contributed by atoms with Crippen LogP contribution in [0.15, 0.2) is 42.5 Å². The Kier molecular flexibility index (Phi) is 5.71. The second-order valence-corrected chi connectivity index (χ2v) is 5.89. The Bertz CT molecular complexity index is 805. The van der Waals surface area contributed by atoms with Gasteiger partial charge < -0.3 is 20.8 Å². The molecule has 25 heavy (non-hydrogen) atoms. The van der Waals surface area contributed by atoms with E-state index in [9.17, 15) is 19.5 Å². The van der Waals surface area contributed by atoms with Gasteiger partial charge in [0, 0.05) is 13.5 Å². The van der Waals surface area contributed by atoms with E-state index in [4.69, 9.17) is 10.8 Å². The molecule has 0 aromatic heterocycles. The zero-order chi connectivity index (χ0) is 18.6. The van der Waals surface area contributed by atoms with Crippen molar-refractivity contribution in [1.82, 2.24) is 4.90 Å². The molecular formula is C18H20N2O5. The van der Waals surface area contributed by atoms with Gasteiger partial charge in [0.2, 0.25) is 5.91 Å². The van der Waals surface area contributed by atoms with Crippen LogP contribution in [0, 0.1) is 0 Å². The minimum absolute atomic E-state index is 0.0994. The number of amides is 1. The largest absolute Gasteiger partial charge is 0.481 e. The summed E-state index contributed by atoms with van der Waals surface area (Å²) in [6, 6.07) is 10.9. The molecule has 0 spiro atoms. The number of hydrogen-bond donors (Lipinski definition) is 3. The van der Waals surface area contributed by atoms with Crippen LogP contribution >= 0.6 is 0 Å². The number of carbonyl (C=O) groups is 3. The van der Waals surface area contributed by atoms with Crippen LogP contribution in [0.2, 0.25) is 0 Å². The fourth-order valence-electron chi connectivity index (χ4n) is 2.67. The fraction of sp³-hybridized carbons (Fsp3) is 0.278. The number of carboxylic acids is 2. The lowest BCUT2D eigenvalue weighted by molar-refractivity contribution is -0.150. The van der Waals surface area contributed by atoms with Crippen LogP contribution in [0.5, 0.6) is 0 Å². The van der Waals surface area contributed by atoms with Gasteiger partial charge in [0.1, 0.15) is 6.04 Å². The van der Waals surface area contributed by atoms with E-state index in [0.29, 0.717) is 0 Å². The Morgan fingerprint density at radius 1 is 1.08 bits per heavy atom. The number of likely N-dealkylation sites (N-methyl/N-ethyl adjacent to an activating group) is 1. The van der Waals surface area contributed by atoms with Crippen molar-refractivity contribution in [2.24, 2.45) is 5.73 Å². The van der Waals surface area contributed by atoms with Gasteiger partial charge in [-0.2, -0.15) is 0 Å². The van der Waals surface area contributed by atoms with Gasteiger partial charge in [-0.15, -0.1) is 0 Å². The van der Waals surface area contributed by atoms with Crippen molar-refractivity contribution in [3.05, 3.63) is 48.0 Å². The molecule has 0 aliphatic heterocycles. The molecule has 0 radical (unpaired) electrons. The number of fused-ring (bicyclic) bond motifs is 1. The normalized spacial score (nSPS) is 13.2. The Morgan fingerprint density at radius 2 is 1.72 bits per heavy atom. The van der Waals surface area contributed by atoms with Gasteiger partial charge >= 0.3 is 11.9 Å². The summed E-state index contributed by atoms with van der Waals surface area (Å²) in [5, 5.41) is 20.2. The van der Waals surface area contributed by atoms with Gasteiger partial charge in [-0.3, -0.25) is 9.59 Å². The monoisotopic (exact) mass is 344 g/mol. The van der Waals surface area contributed by atoms with Crippen LogP contribution in [0.25, 0.3) is 10.8 Å². The molecule has 7 nitrogen and oxygen atoms in total. The zero-order valence-electron chi connectivity index (χ0n) is 13.8. The molecule has 2 aromatic rings. The predicted molar refractivity (Wildman–Crippen MR) is 92.1 cm³/mol. The predicted octanol–water partition coefficient (Wildman–Crippen LogP) is 1.10. The maximum absolute atomic E-state index is 12.2. The van der Waals surface area contributed by atoms with Crippen LogP contribution in [0.4, 0.5) is 0 Å². The van der Waals surface area contributed by atoms with Crippen LogP contribution in [-0.4, -0.2) is 52.1 Å². The summed E-state index contributed by atoms with van der Waals surface area (Å²) in [7, 11) is 1.32. The van der Waals surface area contributed by atoms with E-state index >= 15 is 0 Å². The highest BCUT2D eigenvalue weighted by molar-refractivity contribution is 5.89. The molecule has 2 atom stereocenters. The van der Waals surface area contributed by atoms with Crippen molar-refractivity contribution in [1.29, 1.82) is 0 Å². The van der Waals surface area contributed by atoms with Crippen molar-refractivity contribution in [2.45, 2.75) is 24.9 Å². The van der Waals surface area contributed by atoms with Gasteiger partial charge in [0.15, 0.2) is 0 Å². The molecule has 0 aliphatic carbocycles. The van der Waals surface area contributed by atoms with E-state index in [2.05, 4.69) is 0 Å². The average Bonchev–Trinajstić information content (AvgIpc) is 2.57. The Labute approximate surface area is 144 Å². The SMILES string of the molecule is CN(C(=O)[C@@H](N)CC(=O)O)[C@@H](Cc1ccc2ccccc2c1)C(=O)O. The standard InChI is InChI=1S/C18H20N2O5/c1-20(17(23)14(19)10-16(21)22)15(18(24)25)9-11-6-7-12-4-2-3-5-13(12)8-11/h2-8,14-15H,9-10,19H2,1H3,(H,21,22)(H,24,25)/t14-,15-/m0/s1. The second-order valence-electron chi connectivity index (χ2n) is 5.89. The molecule has 132 valence electrons. The molecule has 0 bridgehead atoms. The van der Waals surface area contributed by atoms with Gasteiger partial charge in [-0.05, 0) is 16.3 Å². The van der Waals surface area contributed by atoms with E-state index in [0.717, 1.165) is 21.2 Å². The average molecular weight is 344 g/mol. The molecule has 1 amide bonds. The minimum Gasteiger partial charge on any atom is -0.481 e. The fourth-order valence-corrected chi connectivity index (χ4v) is 2.67. The molecule has 0 saturated heterocycles. The van der Waals surface area contributed by atoms with Gasteiger partial charge in [-0.25, -0.2) is 4.79 Å². The number of nitrogens with two attached hydrogens (primary N) is 1. The molecule has 0 unspecified atom stereocenters. The molecular weight excluding hydrogens is 324 g/mol. The Balaban J connectivity index is 2.20. The lowest BCUT2D eigenvalue weighted by Gasteiger charge is -2.27. The van der Waals surface area contributed by atoms with Crippen molar-refractivity contribution in [3.8, 4) is 0 Å². The van der Waals surface area contributed by atoms with Crippen molar-refractivity contribution < 1.29 is 24.6 Å². The highest BCUT2D eigenvalue weighted by Gasteiger charge is 2.30. The van der Waals surface area contributed by atoms with Crippen LogP contribution in [0.3, 0.4) is 0 Å². The first-order valence-corrected chi connectivity index (χ1v) is 7.74. The first-order chi connectivity index (χ1) is 11.8. The summed E-state index contributed by atoms with van der Waals surface area (Å²) in [6.07, 6.45) is -0.451. The first-order valence-electron chi connectivity index (χ1n) is 7.74. The molecule has 0 aliphatic rings. The Hall–Kier alpha value is -2.93. The van der Waals surface area contributed by atoms with Crippen molar-refractivity contribution in [3.63, 3.8) is 0 Å². The van der Waals surface area contributed by atoms with Gasteiger partial charge in [-0.1, -0.05) is 42.5 Å². The third-order valence-corrected chi connectivity index (χ3v) is 4.05. The van der Waals surface area contributed by atoms with Gasteiger partial charge in [0.05, 0.1) is 12.5 Å². The molecule has 0 saturated carbocycles. The lowest BCUT2D eigenvalue weighted by atomic mass is 10.0. The summed E-state index contributed by atoms with van der Waals surface area (Å²) >= 11 is 0. The number of aliphatic carboxylic acids is 2. The third-order valence-electron chi connectivity index (χ3n) is 4.05. The number of benzene rings is 2. The molecule has 7 heteroatoms. The van der Waals surface area contributed by atoms with E-state index in [-0.39, 0.29) is 6.42 Å². The van der Waals surface area contributed by atoms with Crippen LogP contribution in [0.1, 0.15) is 12.0 Å². The topological polar surface area (TPSA) is 121 Å². The van der Waals surface area contributed by atoms with Crippen molar-refractivity contribution in [2.75, 3.05) is 7.05 Å². The summed E-state index contributed by atoms with van der Waals surface area (Å²) in [5.41, 5.74) is 6.32. The molecule has 0 fully saturated rings. The zero-order valence-corrected chi connectivity index (χ0v) is 13.8. The summed E-state index contributed by atoms with van der Waals surface area (Å²) in [5.74, 6) is -3.10. The summed E-state index contributed by atoms with van der Waals surface area (Å²) in [4.78, 5) is 35.5. The maximum Gasteiger partial charge on any atom is 0.326 e. The molecule has 0 heterocycles. The van der Waals surface area contributed by atoms with Gasteiger partial charge in [0.25, 0.3) is 0 Å². The summed E-state index contributed by atoms with van der Waals surface area (Å²) in [6.45, 7) is 0. The van der Waals surface area contributed by atoms with E-state index in [1.807, 2.05) is 42.5 Å².